The van der Waals surface area contributed by atoms with E-state index in [-0.39, 0.29) is 0 Å². The van der Waals surface area contributed by atoms with E-state index in [0.29, 0.717) is 11.7 Å². The second-order valence-corrected chi connectivity index (χ2v) is 6.12. The highest BCUT2D eigenvalue weighted by Gasteiger charge is 2.13. The zero-order valence-corrected chi connectivity index (χ0v) is 14.4. The van der Waals surface area contributed by atoms with Gasteiger partial charge in [-0.25, -0.2) is 9.97 Å². The van der Waals surface area contributed by atoms with E-state index >= 15 is 0 Å². The largest absolute Gasteiger partial charge is 0.497 e. The maximum atomic E-state index is 5.93. The van der Waals surface area contributed by atoms with Crippen molar-refractivity contribution in [3.05, 3.63) is 77.6 Å². The second-order valence-electron chi connectivity index (χ2n) is 5.73. The van der Waals surface area contributed by atoms with E-state index in [0.717, 1.165) is 28.2 Å². The fourth-order valence-electron chi connectivity index (χ4n) is 2.88. The van der Waals surface area contributed by atoms with Crippen LogP contribution in [0.5, 0.6) is 5.75 Å². The molecule has 0 unspecified atom stereocenters. The molecule has 0 radical (unpaired) electrons. The number of nitrogens with zero attached hydrogens (tertiary/aromatic N) is 3. The highest BCUT2D eigenvalue weighted by atomic mass is 35.5. The summed E-state index contributed by atoms with van der Waals surface area (Å²) >= 11 is 5.93. The third-order valence-corrected chi connectivity index (χ3v) is 4.36. The van der Waals surface area contributed by atoms with Crippen LogP contribution < -0.4 is 4.74 Å². The van der Waals surface area contributed by atoms with Crippen LogP contribution in [0.25, 0.3) is 22.4 Å². The Morgan fingerprint density at radius 2 is 1.80 bits per heavy atom. The van der Waals surface area contributed by atoms with Crippen molar-refractivity contribution in [2.45, 2.75) is 6.54 Å². The molecular formula is C20H16ClN3O. The summed E-state index contributed by atoms with van der Waals surface area (Å²) in [5, 5.41) is 0.474. The molecule has 0 atom stereocenters. The third-order valence-electron chi connectivity index (χ3n) is 4.14. The topological polar surface area (TPSA) is 39.9 Å². The number of benzene rings is 2. The summed E-state index contributed by atoms with van der Waals surface area (Å²) in [6, 6.07) is 19.9. The molecule has 0 saturated carbocycles. The maximum absolute atomic E-state index is 5.93. The quantitative estimate of drug-likeness (QED) is 0.496. The molecule has 0 aliphatic rings. The lowest BCUT2D eigenvalue weighted by atomic mass is 10.2. The van der Waals surface area contributed by atoms with Gasteiger partial charge in [0.25, 0.3) is 0 Å². The van der Waals surface area contributed by atoms with Crippen molar-refractivity contribution < 1.29 is 4.74 Å². The standard InChI is InChI=1S/C20H16ClN3O/c1-25-16-9-6-14(7-10-16)13-24-18-5-3-2-4-17(18)23-20(24)15-8-11-19(21)22-12-15/h2-12H,13H2,1H3. The first kappa shape index (κ1) is 15.7. The van der Waals surface area contributed by atoms with Crippen LogP contribution in [0.3, 0.4) is 0 Å². The number of fused-ring (bicyclic) bond motifs is 1. The molecule has 25 heavy (non-hydrogen) atoms. The normalized spacial score (nSPS) is 11.0. The minimum absolute atomic E-state index is 0.474. The van der Waals surface area contributed by atoms with E-state index in [1.807, 2.05) is 36.4 Å². The van der Waals surface area contributed by atoms with Crippen LogP contribution in [0.15, 0.2) is 66.9 Å². The molecular weight excluding hydrogens is 334 g/mol. The summed E-state index contributed by atoms with van der Waals surface area (Å²) < 4.78 is 7.44. The molecule has 2 aromatic heterocycles. The Labute approximate surface area is 150 Å². The number of hydrogen-bond acceptors (Lipinski definition) is 3. The molecule has 0 N–H and O–H groups in total. The minimum Gasteiger partial charge on any atom is -0.497 e. The van der Waals surface area contributed by atoms with Crippen LogP contribution in [0.4, 0.5) is 0 Å². The maximum Gasteiger partial charge on any atom is 0.143 e. The van der Waals surface area contributed by atoms with Gasteiger partial charge in [0.05, 0.1) is 18.1 Å². The van der Waals surface area contributed by atoms with Gasteiger partial charge in [-0.1, -0.05) is 35.9 Å². The smallest absolute Gasteiger partial charge is 0.143 e. The van der Waals surface area contributed by atoms with Gasteiger partial charge < -0.3 is 9.30 Å². The number of ether oxygens (including phenoxy) is 1. The number of hydrogen-bond donors (Lipinski definition) is 0. The summed E-state index contributed by atoms with van der Waals surface area (Å²) in [5.74, 6) is 1.72. The SMILES string of the molecule is COc1ccc(Cn2c(-c3ccc(Cl)nc3)nc3ccccc32)cc1. The Hall–Kier alpha value is -2.85. The number of rotatable bonds is 4. The lowest BCUT2D eigenvalue weighted by Crippen LogP contribution is -2.02. The molecule has 0 spiro atoms. The second kappa shape index (κ2) is 6.57. The van der Waals surface area contributed by atoms with Crippen LogP contribution in [-0.2, 0) is 6.54 Å². The van der Waals surface area contributed by atoms with Gasteiger partial charge in [0.2, 0.25) is 0 Å². The predicted molar refractivity (Wildman–Crippen MR) is 100 cm³/mol. The van der Waals surface area contributed by atoms with Crippen LogP contribution in [0.2, 0.25) is 5.15 Å². The van der Waals surface area contributed by atoms with E-state index in [1.165, 1.54) is 5.56 Å². The van der Waals surface area contributed by atoms with Crippen LogP contribution >= 0.6 is 11.6 Å². The Kier molecular flexibility index (Phi) is 4.12. The molecule has 0 aliphatic carbocycles. The van der Waals surface area contributed by atoms with Crippen LogP contribution in [-0.4, -0.2) is 21.6 Å². The van der Waals surface area contributed by atoms with E-state index in [1.54, 1.807) is 19.4 Å². The van der Waals surface area contributed by atoms with Gasteiger partial charge in [-0.05, 0) is 42.0 Å². The molecule has 124 valence electrons. The Balaban J connectivity index is 1.82. The van der Waals surface area contributed by atoms with Gasteiger partial charge in [-0.3, -0.25) is 0 Å². The molecule has 2 heterocycles. The van der Waals surface area contributed by atoms with Gasteiger partial charge in [0.15, 0.2) is 0 Å². The first-order chi connectivity index (χ1) is 12.2. The summed E-state index contributed by atoms with van der Waals surface area (Å²) in [6.45, 7) is 0.711. The summed E-state index contributed by atoms with van der Waals surface area (Å²) in [7, 11) is 1.67. The van der Waals surface area contributed by atoms with Gasteiger partial charge in [-0.2, -0.15) is 0 Å². The number of aromatic nitrogens is 3. The third kappa shape index (κ3) is 3.08. The zero-order valence-electron chi connectivity index (χ0n) is 13.7. The van der Waals surface area contributed by atoms with Crippen LogP contribution in [0.1, 0.15) is 5.56 Å². The fraction of sp³-hybridized carbons (Fsp3) is 0.100. The molecule has 0 fully saturated rings. The highest BCUT2D eigenvalue weighted by Crippen LogP contribution is 2.26. The molecule has 4 nitrogen and oxygen atoms in total. The average molecular weight is 350 g/mol. The molecule has 2 aromatic carbocycles. The van der Waals surface area contributed by atoms with Gasteiger partial charge in [-0.15, -0.1) is 0 Å². The summed E-state index contributed by atoms with van der Waals surface area (Å²) in [4.78, 5) is 8.99. The van der Waals surface area contributed by atoms with E-state index < -0.39 is 0 Å². The first-order valence-electron chi connectivity index (χ1n) is 7.95. The van der Waals surface area contributed by atoms with E-state index in [4.69, 9.17) is 21.3 Å². The number of imidazole rings is 1. The lowest BCUT2D eigenvalue weighted by molar-refractivity contribution is 0.414. The molecule has 5 heteroatoms. The van der Waals surface area contributed by atoms with E-state index in [2.05, 4.69) is 27.8 Å². The predicted octanol–water partition coefficient (Wildman–Crippen LogP) is 4.81. The Morgan fingerprint density at radius 1 is 1.00 bits per heavy atom. The van der Waals surface area contributed by atoms with Crippen molar-refractivity contribution in [1.82, 2.24) is 14.5 Å². The molecule has 0 saturated heterocycles. The minimum atomic E-state index is 0.474. The number of methoxy groups -OCH3 is 1. The molecule has 4 rings (SSSR count). The molecule has 0 bridgehead atoms. The summed E-state index contributed by atoms with van der Waals surface area (Å²) in [5.41, 5.74) is 4.16. The van der Waals surface area contributed by atoms with Crippen molar-refractivity contribution >= 4 is 22.6 Å². The number of pyridine rings is 1. The monoisotopic (exact) mass is 349 g/mol. The average Bonchev–Trinajstić information content (AvgIpc) is 3.02. The van der Waals surface area contributed by atoms with Crippen molar-refractivity contribution in [1.29, 1.82) is 0 Å². The lowest BCUT2D eigenvalue weighted by Gasteiger charge is -2.10. The van der Waals surface area contributed by atoms with Crippen LogP contribution in [0, 0.1) is 0 Å². The van der Waals surface area contributed by atoms with Gasteiger partial charge in [0, 0.05) is 18.3 Å². The molecule has 4 aromatic rings. The van der Waals surface area contributed by atoms with Crippen molar-refractivity contribution in [3.8, 4) is 17.1 Å². The van der Waals surface area contributed by atoms with E-state index in [9.17, 15) is 0 Å². The summed E-state index contributed by atoms with van der Waals surface area (Å²) in [6.07, 6.45) is 1.76. The number of halogens is 1. The highest BCUT2D eigenvalue weighted by molar-refractivity contribution is 6.29. The van der Waals surface area contributed by atoms with Crippen molar-refractivity contribution in [2.24, 2.45) is 0 Å². The zero-order chi connectivity index (χ0) is 17.2. The molecule has 0 aliphatic heterocycles. The fourth-order valence-corrected chi connectivity index (χ4v) is 2.99. The van der Waals surface area contributed by atoms with Gasteiger partial charge >= 0.3 is 0 Å². The van der Waals surface area contributed by atoms with Crippen molar-refractivity contribution in [3.63, 3.8) is 0 Å². The molecule has 0 amide bonds. The Bertz CT molecular complexity index is 1010. The Morgan fingerprint density at radius 3 is 2.52 bits per heavy atom. The van der Waals surface area contributed by atoms with Gasteiger partial charge in [0.1, 0.15) is 16.7 Å². The first-order valence-corrected chi connectivity index (χ1v) is 8.32. The van der Waals surface area contributed by atoms with Crippen molar-refractivity contribution in [2.75, 3.05) is 7.11 Å². The number of para-hydroxylation sites is 2.